The molecule has 3 saturated heterocycles. The van der Waals surface area contributed by atoms with Crippen molar-refractivity contribution in [1.29, 1.82) is 0 Å². The van der Waals surface area contributed by atoms with Crippen molar-refractivity contribution in [1.82, 2.24) is 15.1 Å². The number of benzene rings is 1. The van der Waals surface area contributed by atoms with Crippen molar-refractivity contribution < 1.29 is 18.8 Å². The molecule has 28 heavy (non-hydrogen) atoms. The van der Waals surface area contributed by atoms with Gasteiger partial charge >= 0.3 is 0 Å². The Labute approximate surface area is 164 Å². The number of fused-ring (bicyclic) bond motifs is 1. The number of amides is 3. The van der Waals surface area contributed by atoms with Gasteiger partial charge in [0.2, 0.25) is 17.7 Å². The molecule has 1 aromatic rings. The molecule has 3 aliphatic rings. The first-order valence-electron chi connectivity index (χ1n) is 10.1. The normalized spacial score (nSPS) is 28.0. The van der Waals surface area contributed by atoms with E-state index in [2.05, 4.69) is 5.32 Å². The van der Waals surface area contributed by atoms with E-state index >= 15 is 0 Å². The lowest BCUT2D eigenvalue weighted by Gasteiger charge is -2.32. The van der Waals surface area contributed by atoms with Crippen LogP contribution in [-0.2, 0) is 14.4 Å². The summed E-state index contributed by atoms with van der Waals surface area (Å²) in [5, 5.41) is 3.10. The Kier molecular flexibility index (Phi) is 5.33. The van der Waals surface area contributed by atoms with Gasteiger partial charge in [-0.05, 0) is 37.0 Å². The molecule has 0 aliphatic carbocycles. The zero-order chi connectivity index (χ0) is 19.7. The van der Waals surface area contributed by atoms with Crippen LogP contribution in [0.3, 0.4) is 0 Å². The smallest absolute Gasteiger partial charge is 0.242 e. The van der Waals surface area contributed by atoms with Gasteiger partial charge in [-0.15, -0.1) is 0 Å². The molecule has 0 spiro atoms. The molecule has 6 nitrogen and oxygen atoms in total. The van der Waals surface area contributed by atoms with E-state index in [0.29, 0.717) is 25.9 Å². The average molecular weight is 387 g/mol. The summed E-state index contributed by atoms with van der Waals surface area (Å²) in [7, 11) is 0. The van der Waals surface area contributed by atoms with Gasteiger partial charge in [0.1, 0.15) is 5.82 Å². The van der Waals surface area contributed by atoms with Crippen LogP contribution < -0.4 is 5.32 Å². The first-order chi connectivity index (χ1) is 13.5. The number of halogens is 1. The maximum Gasteiger partial charge on any atom is 0.242 e. The molecule has 0 bridgehead atoms. The van der Waals surface area contributed by atoms with E-state index in [1.807, 2.05) is 11.0 Å². The summed E-state index contributed by atoms with van der Waals surface area (Å²) in [6.45, 7) is 1.14. The van der Waals surface area contributed by atoms with E-state index in [0.717, 1.165) is 31.2 Å². The van der Waals surface area contributed by atoms with Crippen molar-refractivity contribution >= 4 is 17.7 Å². The lowest BCUT2D eigenvalue weighted by atomic mass is 9.88. The zero-order valence-corrected chi connectivity index (χ0v) is 15.9. The van der Waals surface area contributed by atoms with Crippen LogP contribution in [0.1, 0.15) is 50.0 Å². The summed E-state index contributed by atoms with van der Waals surface area (Å²) in [5.41, 5.74) is 0.795. The van der Waals surface area contributed by atoms with Crippen molar-refractivity contribution in [2.75, 3.05) is 19.6 Å². The highest BCUT2D eigenvalue weighted by atomic mass is 19.1. The van der Waals surface area contributed by atoms with Crippen molar-refractivity contribution in [2.45, 2.75) is 56.5 Å². The Hall–Kier alpha value is -2.44. The number of likely N-dealkylation sites (tertiary alicyclic amines) is 2. The quantitative estimate of drug-likeness (QED) is 0.860. The summed E-state index contributed by atoms with van der Waals surface area (Å²) < 4.78 is 13.8. The summed E-state index contributed by atoms with van der Waals surface area (Å²) in [6, 6.07) is 6.06. The van der Waals surface area contributed by atoms with Gasteiger partial charge in [-0.25, -0.2) is 4.39 Å². The molecule has 1 N–H and O–H groups in total. The molecule has 3 atom stereocenters. The number of carbonyl (C=O) groups is 3. The highest BCUT2D eigenvalue weighted by molar-refractivity contribution is 5.86. The Morgan fingerprint density at radius 1 is 1.18 bits per heavy atom. The fraction of sp³-hybridized carbons (Fsp3) is 0.571. The molecule has 1 aromatic carbocycles. The van der Waals surface area contributed by atoms with Gasteiger partial charge in [0.25, 0.3) is 0 Å². The largest absolute Gasteiger partial charge is 0.351 e. The highest BCUT2D eigenvalue weighted by Gasteiger charge is 2.45. The van der Waals surface area contributed by atoms with Gasteiger partial charge in [0, 0.05) is 31.8 Å². The van der Waals surface area contributed by atoms with Crippen molar-refractivity contribution in [2.24, 2.45) is 0 Å². The molecule has 3 aliphatic heterocycles. The fourth-order valence-electron chi connectivity index (χ4n) is 4.81. The molecule has 0 aromatic heterocycles. The maximum absolute atomic E-state index is 13.8. The van der Waals surface area contributed by atoms with E-state index in [-0.39, 0.29) is 48.1 Å². The summed E-state index contributed by atoms with van der Waals surface area (Å²) in [4.78, 5) is 40.7. The van der Waals surface area contributed by atoms with Crippen LogP contribution in [0.5, 0.6) is 0 Å². The lowest BCUT2D eigenvalue weighted by molar-refractivity contribution is -0.139. The minimum atomic E-state index is -0.321. The SMILES string of the molecule is O=C1CCCC[C@@H]2[C@@H](N1)[C@H](c1cccc(F)c1)CN2C(=O)CN1CCCC1=O. The third kappa shape index (κ3) is 3.75. The van der Waals surface area contributed by atoms with Crippen molar-refractivity contribution in [3.63, 3.8) is 0 Å². The van der Waals surface area contributed by atoms with Gasteiger partial charge in [0.15, 0.2) is 0 Å². The first kappa shape index (κ1) is 18.9. The number of carbonyl (C=O) groups excluding carboxylic acids is 3. The summed E-state index contributed by atoms with van der Waals surface area (Å²) in [5.74, 6) is -0.546. The van der Waals surface area contributed by atoms with E-state index in [1.165, 1.54) is 12.1 Å². The van der Waals surface area contributed by atoms with Gasteiger partial charge in [0.05, 0.1) is 18.6 Å². The molecule has 0 unspecified atom stereocenters. The second-order valence-corrected chi connectivity index (χ2v) is 8.03. The molecular weight excluding hydrogens is 361 g/mol. The fourth-order valence-corrected chi connectivity index (χ4v) is 4.81. The average Bonchev–Trinajstić information content (AvgIpc) is 3.20. The van der Waals surface area contributed by atoms with Crippen LogP contribution in [0, 0.1) is 5.82 Å². The van der Waals surface area contributed by atoms with Gasteiger partial charge < -0.3 is 15.1 Å². The predicted octanol–water partition coefficient (Wildman–Crippen LogP) is 1.80. The third-order valence-corrected chi connectivity index (χ3v) is 6.22. The maximum atomic E-state index is 13.8. The predicted molar refractivity (Wildman–Crippen MR) is 101 cm³/mol. The van der Waals surface area contributed by atoms with Crippen LogP contribution in [-0.4, -0.2) is 59.2 Å². The minimum absolute atomic E-state index is 0.0138. The van der Waals surface area contributed by atoms with Crippen LogP contribution in [0.4, 0.5) is 4.39 Å². The second kappa shape index (κ2) is 7.89. The van der Waals surface area contributed by atoms with Crippen molar-refractivity contribution in [3.05, 3.63) is 35.6 Å². The number of nitrogens with zero attached hydrogens (tertiary/aromatic N) is 2. The number of rotatable bonds is 3. The molecule has 150 valence electrons. The summed E-state index contributed by atoms with van der Waals surface area (Å²) in [6.07, 6.45) is 4.25. The summed E-state index contributed by atoms with van der Waals surface area (Å²) >= 11 is 0. The van der Waals surface area contributed by atoms with Crippen LogP contribution in [0.15, 0.2) is 24.3 Å². The standard InChI is InChI=1S/C21H26FN3O3/c22-15-6-3-5-14(11-15)16-12-25(20(28)13-24-10-4-9-19(24)27)17-7-1-2-8-18(26)23-21(16)17/h3,5-6,11,16-17,21H,1-2,4,7-10,12-13H2,(H,23,26)/t16-,17+,21-/m0/s1. The van der Waals surface area contributed by atoms with Gasteiger partial charge in [-0.1, -0.05) is 18.6 Å². The van der Waals surface area contributed by atoms with Gasteiger partial charge in [-0.3, -0.25) is 14.4 Å². The van der Waals surface area contributed by atoms with E-state index in [4.69, 9.17) is 0 Å². The minimum Gasteiger partial charge on any atom is -0.351 e. The van der Waals surface area contributed by atoms with Crippen LogP contribution in [0.2, 0.25) is 0 Å². The Balaban J connectivity index is 1.60. The Morgan fingerprint density at radius 2 is 2.04 bits per heavy atom. The topological polar surface area (TPSA) is 69.7 Å². The second-order valence-electron chi connectivity index (χ2n) is 8.03. The molecule has 0 saturated carbocycles. The molecule has 7 heteroatoms. The Bertz CT molecular complexity index is 784. The highest BCUT2D eigenvalue weighted by Crippen LogP contribution is 2.36. The van der Waals surface area contributed by atoms with Crippen LogP contribution >= 0.6 is 0 Å². The lowest BCUT2D eigenvalue weighted by Crippen LogP contribution is -2.50. The molecular formula is C21H26FN3O3. The molecule has 0 radical (unpaired) electrons. The molecule has 3 amide bonds. The number of nitrogens with one attached hydrogen (secondary N) is 1. The van der Waals surface area contributed by atoms with E-state index in [9.17, 15) is 18.8 Å². The molecule has 3 fully saturated rings. The van der Waals surface area contributed by atoms with Crippen molar-refractivity contribution in [3.8, 4) is 0 Å². The number of hydrogen-bond acceptors (Lipinski definition) is 3. The monoisotopic (exact) mass is 387 g/mol. The van der Waals surface area contributed by atoms with E-state index < -0.39 is 0 Å². The van der Waals surface area contributed by atoms with Gasteiger partial charge in [-0.2, -0.15) is 0 Å². The number of hydrogen-bond donors (Lipinski definition) is 1. The third-order valence-electron chi connectivity index (χ3n) is 6.22. The first-order valence-corrected chi connectivity index (χ1v) is 10.1. The Morgan fingerprint density at radius 3 is 2.79 bits per heavy atom. The zero-order valence-electron chi connectivity index (χ0n) is 15.9. The molecule has 3 heterocycles. The molecule has 4 rings (SSSR count). The van der Waals surface area contributed by atoms with Crippen LogP contribution in [0.25, 0.3) is 0 Å². The van der Waals surface area contributed by atoms with E-state index in [1.54, 1.807) is 11.0 Å².